The Hall–Kier alpha value is -1.06. The lowest BCUT2D eigenvalue weighted by Gasteiger charge is -2.13. The number of alkyl halides is 1. The highest BCUT2D eigenvalue weighted by Gasteiger charge is 2.10. The SMILES string of the molecule is Cc1cc(Cl)cc(C)c1Oc1ncccc1CBr. The van der Waals surface area contributed by atoms with Crippen molar-refractivity contribution in [3.8, 4) is 11.6 Å². The van der Waals surface area contributed by atoms with E-state index in [0.29, 0.717) is 11.2 Å². The van der Waals surface area contributed by atoms with Gasteiger partial charge in [0, 0.05) is 22.1 Å². The van der Waals surface area contributed by atoms with Crippen LogP contribution >= 0.6 is 27.5 Å². The second-order valence-corrected chi connectivity index (χ2v) is 5.07. The van der Waals surface area contributed by atoms with Crippen LogP contribution in [0.2, 0.25) is 5.02 Å². The first kappa shape index (κ1) is 13.4. The van der Waals surface area contributed by atoms with Crippen LogP contribution in [-0.4, -0.2) is 4.98 Å². The minimum Gasteiger partial charge on any atom is -0.438 e. The minimum absolute atomic E-state index is 0.628. The monoisotopic (exact) mass is 325 g/mol. The third kappa shape index (κ3) is 2.85. The molecule has 4 heteroatoms. The zero-order valence-corrected chi connectivity index (χ0v) is 12.5. The highest BCUT2D eigenvalue weighted by atomic mass is 79.9. The third-order valence-corrected chi connectivity index (χ3v) is 3.44. The van der Waals surface area contributed by atoms with E-state index >= 15 is 0 Å². The van der Waals surface area contributed by atoms with Gasteiger partial charge in [-0.1, -0.05) is 33.6 Å². The molecule has 0 amide bonds. The van der Waals surface area contributed by atoms with Gasteiger partial charge < -0.3 is 4.74 Å². The van der Waals surface area contributed by atoms with E-state index in [9.17, 15) is 0 Å². The standard InChI is InChI=1S/C14H13BrClNO/c1-9-6-12(16)7-10(2)13(9)18-14-11(8-15)4-3-5-17-14/h3-7H,8H2,1-2H3. The van der Waals surface area contributed by atoms with E-state index in [1.807, 2.05) is 38.1 Å². The van der Waals surface area contributed by atoms with Crippen LogP contribution in [0, 0.1) is 13.8 Å². The molecule has 2 nitrogen and oxygen atoms in total. The van der Waals surface area contributed by atoms with Gasteiger partial charge >= 0.3 is 0 Å². The quantitative estimate of drug-likeness (QED) is 0.737. The number of aryl methyl sites for hydroxylation is 2. The van der Waals surface area contributed by atoms with Crippen molar-refractivity contribution in [2.45, 2.75) is 19.2 Å². The third-order valence-electron chi connectivity index (χ3n) is 2.62. The van der Waals surface area contributed by atoms with Crippen LogP contribution in [0.1, 0.15) is 16.7 Å². The summed E-state index contributed by atoms with van der Waals surface area (Å²) >= 11 is 9.43. The van der Waals surface area contributed by atoms with E-state index in [1.54, 1.807) is 6.20 Å². The molecule has 1 heterocycles. The normalized spacial score (nSPS) is 10.4. The lowest BCUT2D eigenvalue weighted by Crippen LogP contribution is -1.96. The number of hydrogen-bond acceptors (Lipinski definition) is 2. The maximum atomic E-state index is 6.01. The van der Waals surface area contributed by atoms with Crippen molar-refractivity contribution in [1.29, 1.82) is 0 Å². The summed E-state index contributed by atoms with van der Waals surface area (Å²) in [4.78, 5) is 4.26. The number of aromatic nitrogens is 1. The summed E-state index contributed by atoms with van der Waals surface area (Å²) in [5, 5.41) is 1.43. The molecule has 0 saturated heterocycles. The predicted octanol–water partition coefficient (Wildman–Crippen LogP) is 5.04. The zero-order chi connectivity index (χ0) is 13.1. The van der Waals surface area contributed by atoms with Gasteiger partial charge in [0.15, 0.2) is 0 Å². The fourth-order valence-corrected chi connectivity index (χ4v) is 2.53. The van der Waals surface area contributed by atoms with Crippen LogP contribution < -0.4 is 4.74 Å². The molecule has 1 aromatic carbocycles. The van der Waals surface area contributed by atoms with E-state index in [-0.39, 0.29) is 0 Å². The Morgan fingerprint density at radius 2 is 1.94 bits per heavy atom. The van der Waals surface area contributed by atoms with Crippen molar-refractivity contribution in [3.05, 3.63) is 52.2 Å². The number of halogens is 2. The topological polar surface area (TPSA) is 22.1 Å². The van der Waals surface area contributed by atoms with Crippen LogP contribution in [0.15, 0.2) is 30.5 Å². The van der Waals surface area contributed by atoms with Crippen molar-refractivity contribution < 1.29 is 4.74 Å². The van der Waals surface area contributed by atoms with Crippen molar-refractivity contribution >= 4 is 27.5 Å². The molecule has 0 aliphatic heterocycles. The summed E-state index contributed by atoms with van der Waals surface area (Å²) in [5.74, 6) is 1.45. The van der Waals surface area contributed by atoms with Gasteiger partial charge in [0.2, 0.25) is 5.88 Å². The molecule has 0 bridgehead atoms. The molecule has 0 radical (unpaired) electrons. The first-order valence-corrected chi connectivity index (χ1v) is 7.06. The molecule has 2 rings (SSSR count). The molecule has 0 N–H and O–H groups in total. The summed E-state index contributed by atoms with van der Waals surface area (Å²) in [7, 11) is 0. The number of pyridine rings is 1. The molecular formula is C14H13BrClNO. The molecular weight excluding hydrogens is 314 g/mol. The smallest absolute Gasteiger partial charge is 0.223 e. The summed E-state index contributed by atoms with van der Waals surface area (Å²) in [5.41, 5.74) is 3.03. The van der Waals surface area contributed by atoms with Gasteiger partial charge in [0.25, 0.3) is 0 Å². The molecule has 0 spiro atoms. The van der Waals surface area contributed by atoms with Crippen LogP contribution in [-0.2, 0) is 5.33 Å². The Balaban J connectivity index is 2.40. The van der Waals surface area contributed by atoms with E-state index < -0.39 is 0 Å². The van der Waals surface area contributed by atoms with Crippen molar-refractivity contribution in [3.63, 3.8) is 0 Å². The predicted molar refractivity (Wildman–Crippen MR) is 77.9 cm³/mol. The van der Waals surface area contributed by atoms with Crippen molar-refractivity contribution in [2.24, 2.45) is 0 Å². The van der Waals surface area contributed by atoms with Gasteiger partial charge in [-0.15, -0.1) is 0 Å². The van der Waals surface area contributed by atoms with Gasteiger partial charge in [-0.2, -0.15) is 0 Å². The number of rotatable bonds is 3. The molecule has 94 valence electrons. The second-order valence-electron chi connectivity index (χ2n) is 4.07. The van der Waals surface area contributed by atoms with Gasteiger partial charge in [0.1, 0.15) is 5.75 Å². The molecule has 0 aliphatic rings. The summed E-state index contributed by atoms with van der Waals surface area (Å²) < 4.78 is 5.92. The number of ether oxygens (including phenoxy) is 1. The van der Waals surface area contributed by atoms with Gasteiger partial charge in [-0.25, -0.2) is 4.98 Å². The maximum Gasteiger partial charge on any atom is 0.223 e. The molecule has 0 fully saturated rings. The summed E-state index contributed by atoms with van der Waals surface area (Å²) in [6.07, 6.45) is 1.72. The molecule has 0 unspecified atom stereocenters. The van der Waals surface area contributed by atoms with E-state index in [0.717, 1.165) is 27.5 Å². The second kappa shape index (κ2) is 5.72. The van der Waals surface area contributed by atoms with E-state index in [1.165, 1.54) is 0 Å². The number of hydrogen-bond donors (Lipinski definition) is 0. The molecule has 0 atom stereocenters. The fourth-order valence-electron chi connectivity index (χ4n) is 1.77. The minimum atomic E-state index is 0.628. The summed E-state index contributed by atoms with van der Waals surface area (Å²) in [6, 6.07) is 7.66. The largest absolute Gasteiger partial charge is 0.438 e. The lowest BCUT2D eigenvalue weighted by atomic mass is 10.1. The average molecular weight is 327 g/mol. The fraction of sp³-hybridized carbons (Fsp3) is 0.214. The molecule has 1 aromatic heterocycles. The highest BCUT2D eigenvalue weighted by molar-refractivity contribution is 9.08. The first-order chi connectivity index (χ1) is 8.61. The average Bonchev–Trinajstić information content (AvgIpc) is 2.34. The van der Waals surface area contributed by atoms with Crippen molar-refractivity contribution in [2.75, 3.05) is 0 Å². The van der Waals surface area contributed by atoms with Crippen molar-refractivity contribution in [1.82, 2.24) is 4.98 Å². The van der Waals surface area contributed by atoms with Gasteiger partial charge in [0.05, 0.1) is 0 Å². The maximum absolute atomic E-state index is 6.01. The van der Waals surface area contributed by atoms with Gasteiger partial charge in [-0.3, -0.25) is 0 Å². The Labute approximate surface area is 120 Å². The Bertz CT molecular complexity index is 548. The summed E-state index contributed by atoms with van der Waals surface area (Å²) in [6.45, 7) is 3.95. The number of nitrogens with zero attached hydrogens (tertiary/aromatic N) is 1. The first-order valence-electron chi connectivity index (χ1n) is 5.56. The molecule has 2 aromatic rings. The van der Waals surface area contributed by atoms with E-state index in [2.05, 4.69) is 20.9 Å². The molecule has 18 heavy (non-hydrogen) atoms. The molecule has 0 aliphatic carbocycles. The number of benzene rings is 1. The van der Waals surface area contributed by atoms with E-state index in [4.69, 9.17) is 16.3 Å². The van der Waals surface area contributed by atoms with Gasteiger partial charge in [-0.05, 0) is 43.2 Å². The molecule has 0 saturated carbocycles. The zero-order valence-electron chi connectivity index (χ0n) is 10.2. The van der Waals surface area contributed by atoms with Crippen LogP contribution in [0.3, 0.4) is 0 Å². The Morgan fingerprint density at radius 1 is 1.28 bits per heavy atom. The Morgan fingerprint density at radius 3 is 2.56 bits per heavy atom. The van der Waals surface area contributed by atoms with Crippen LogP contribution in [0.25, 0.3) is 0 Å². The van der Waals surface area contributed by atoms with Crippen LogP contribution in [0.5, 0.6) is 11.6 Å². The lowest BCUT2D eigenvalue weighted by molar-refractivity contribution is 0.452. The van der Waals surface area contributed by atoms with Crippen LogP contribution in [0.4, 0.5) is 0 Å². The Kier molecular flexibility index (Phi) is 4.25. The highest BCUT2D eigenvalue weighted by Crippen LogP contribution is 2.32.